The maximum absolute atomic E-state index is 9.35. The van der Waals surface area contributed by atoms with Crippen LogP contribution in [0.2, 0.25) is 0 Å². The average molecular weight is 245 g/mol. The standard InChI is InChI=1S/C10H13BrO2/c1-3-13-8-4-5-9(7(2)12)10(11)6-8/h4-7,12H,3H2,1-2H3. The molecule has 0 amide bonds. The predicted molar refractivity (Wildman–Crippen MR) is 55.9 cm³/mol. The summed E-state index contributed by atoms with van der Waals surface area (Å²) in [5.74, 6) is 0.818. The van der Waals surface area contributed by atoms with Gasteiger partial charge < -0.3 is 9.84 Å². The lowest BCUT2D eigenvalue weighted by molar-refractivity contribution is 0.198. The van der Waals surface area contributed by atoms with E-state index in [1.807, 2.05) is 25.1 Å². The molecule has 1 aromatic rings. The Kier molecular flexibility index (Phi) is 3.75. The molecule has 0 fully saturated rings. The Labute approximate surface area is 86.7 Å². The number of halogens is 1. The van der Waals surface area contributed by atoms with Gasteiger partial charge in [0.2, 0.25) is 0 Å². The molecule has 3 heteroatoms. The Morgan fingerprint density at radius 1 is 1.54 bits per heavy atom. The molecule has 0 heterocycles. The van der Waals surface area contributed by atoms with E-state index in [4.69, 9.17) is 4.74 Å². The van der Waals surface area contributed by atoms with Gasteiger partial charge in [-0.25, -0.2) is 0 Å². The smallest absolute Gasteiger partial charge is 0.120 e. The fourth-order valence-electron chi connectivity index (χ4n) is 1.10. The van der Waals surface area contributed by atoms with Crippen LogP contribution in [-0.4, -0.2) is 11.7 Å². The highest BCUT2D eigenvalue weighted by molar-refractivity contribution is 9.10. The van der Waals surface area contributed by atoms with Gasteiger partial charge in [-0.1, -0.05) is 22.0 Å². The van der Waals surface area contributed by atoms with Gasteiger partial charge in [0, 0.05) is 4.47 Å². The summed E-state index contributed by atoms with van der Waals surface area (Å²) >= 11 is 3.38. The normalized spacial score (nSPS) is 12.6. The quantitative estimate of drug-likeness (QED) is 0.887. The molecule has 1 rings (SSSR count). The molecule has 13 heavy (non-hydrogen) atoms. The molecule has 0 radical (unpaired) electrons. The first-order valence-electron chi connectivity index (χ1n) is 4.25. The average Bonchev–Trinajstić information content (AvgIpc) is 2.04. The van der Waals surface area contributed by atoms with Crippen molar-refractivity contribution in [2.24, 2.45) is 0 Å². The number of hydrogen-bond acceptors (Lipinski definition) is 2. The molecule has 1 aromatic carbocycles. The first-order chi connectivity index (χ1) is 6.15. The Morgan fingerprint density at radius 2 is 2.23 bits per heavy atom. The van der Waals surface area contributed by atoms with E-state index in [0.717, 1.165) is 15.8 Å². The van der Waals surface area contributed by atoms with Crippen LogP contribution in [0.4, 0.5) is 0 Å². The summed E-state index contributed by atoms with van der Waals surface area (Å²) < 4.78 is 6.19. The van der Waals surface area contributed by atoms with E-state index in [9.17, 15) is 5.11 Å². The lowest BCUT2D eigenvalue weighted by Gasteiger charge is -2.09. The van der Waals surface area contributed by atoms with E-state index in [1.54, 1.807) is 6.92 Å². The minimum atomic E-state index is -0.454. The van der Waals surface area contributed by atoms with E-state index in [2.05, 4.69) is 15.9 Å². The van der Waals surface area contributed by atoms with Crippen molar-refractivity contribution in [3.8, 4) is 5.75 Å². The van der Waals surface area contributed by atoms with Crippen molar-refractivity contribution in [3.05, 3.63) is 28.2 Å². The van der Waals surface area contributed by atoms with E-state index >= 15 is 0 Å². The van der Waals surface area contributed by atoms with Crippen LogP contribution in [0.5, 0.6) is 5.75 Å². The summed E-state index contributed by atoms with van der Waals surface area (Å²) in [6, 6.07) is 5.58. The summed E-state index contributed by atoms with van der Waals surface area (Å²) in [4.78, 5) is 0. The fraction of sp³-hybridized carbons (Fsp3) is 0.400. The lowest BCUT2D eigenvalue weighted by atomic mass is 10.1. The van der Waals surface area contributed by atoms with Gasteiger partial charge in [0.1, 0.15) is 5.75 Å². The fourth-order valence-corrected chi connectivity index (χ4v) is 1.79. The highest BCUT2D eigenvalue weighted by Crippen LogP contribution is 2.27. The van der Waals surface area contributed by atoms with Crippen LogP contribution in [0.3, 0.4) is 0 Å². The van der Waals surface area contributed by atoms with Crippen LogP contribution in [0.15, 0.2) is 22.7 Å². The number of aliphatic hydroxyl groups excluding tert-OH is 1. The van der Waals surface area contributed by atoms with E-state index < -0.39 is 6.10 Å². The maximum Gasteiger partial charge on any atom is 0.120 e. The number of benzene rings is 1. The SMILES string of the molecule is CCOc1ccc(C(C)O)c(Br)c1. The summed E-state index contributed by atoms with van der Waals surface area (Å²) in [5.41, 5.74) is 0.878. The van der Waals surface area contributed by atoms with Gasteiger partial charge in [0.15, 0.2) is 0 Å². The number of aliphatic hydroxyl groups is 1. The van der Waals surface area contributed by atoms with Crippen LogP contribution in [0.25, 0.3) is 0 Å². The molecule has 1 N–H and O–H groups in total. The van der Waals surface area contributed by atoms with E-state index in [-0.39, 0.29) is 0 Å². The van der Waals surface area contributed by atoms with E-state index in [1.165, 1.54) is 0 Å². The molecule has 0 aliphatic rings. The first kappa shape index (κ1) is 10.5. The highest BCUT2D eigenvalue weighted by atomic mass is 79.9. The summed E-state index contributed by atoms with van der Waals surface area (Å²) in [7, 11) is 0. The predicted octanol–water partition coefficient (Wildman–Crippen LogP) is 2.90. The van der Waals surface area contributed by atoms with Gasteiger partial charge in [0.05, 0.1) is 12.7 Å². The van der Waals surface area contributed by atoms with Crippen LogP contribution < -0.4 is 4.74 Å². The molecule has 72 valence electrons. The largest absolute Gasteiger partial charge is 0.494 e. The van der Waals surface area contributed by atoms with Gasteiger partial charge in [-0.2, -0.15) is 0 Å². The van der Waals surface area contributed by atoms with Gasteiger partial charge in [-0.3, -0.25) is 0 Å². The number of rotatable bonds is 3. The molecule has 0 saturated carbocycles. The monoisotopic (exact) mass is 244 g/mol. The molecule has 1 unspecified atom stereocenters. The summed E-state index contributed by atoms with van der Waals surface area (Å²) in [5, 5.41) is 9.35. The van der Waals surface area contributed by atoms with Crippen molar-refractivity contribution < 1.29 is 9.84 Å². The van der Waals surface area contributed by atoms with Crippen LogP contribution >= 0.6 is 15.9 Å². The topological polar surface area (TPSA) is 29.5 Å². The van der Waals surface area contributed by atoms with Crippen LogP contribution in [-0.2, 0) is 0 Å². The van der Waals surface area contributed by atoms with Crippen molar-refractivity contribution >= 4 is 15.9 Å². The third-order valence-electron chi connectivity index (χ3n) is 1.73. The molecule has 2 nitrogen and oxygen atoms in total. The molecular formula is C10H13BrO2. The molecule has 0 bridgehead atoms. The Hall–Kier alpha value is -0.540. The van der Waals surface area contributed by atoms with Gasteiger partial charge in [-0.05, 0) is 31.5 Å². The zero-order valence-electron chi connectivity index (χ0n) is 7.75. The summed E-state index contributed by atoms with van der Waals surface area (Å²) in [6.07, 6.45) is -0.454. The molecule has 1 atom stereocenters. The van der Waals surface area contributed by atoms with Crippen LogP contribution in [0.1, 0.15) is 25.5 Å². The first-order valence-corrected chi connectivity index (χ1v) is 5.04. The van der Waals surface area contributed by atoms with Gasteiger partial charge >= 0.3 is 0 Å². The molecule has 0 aliphatic carbocycles. The zero-order valence-corrected chi connectivity index (χ0v) is 9.34. The number of hydrogen-bond donors (Lipinski definition) is 1. The minimum absolute atomic E-state index is 0.454. The lowest BCUT2D eigenvalue weighted by Crippen LogP contribution is -1.95. The van der Waals surface area contributed by atoms with E-state index in [0.29, 0.717) is 6.61 Å². The summed E-state index contributed by atoms with van der Waals surface area (Å²) in [6.45, 7) is 4.33. The zero-order chi connectivity index (χ0) is 9.84. The second-order valence-corrected chi connectivity index (χ2v) is 3.65. The minimum Gasteiger partial charge on any atom is -0.494 e. The van der Waals surface area contributed by atoms with Crippen LogP contribution in [0, 0.1) is 0 Å². The van der Waals surface area contributed by atoms with Gasteiger partial charge in [0.25, 0.3) is 0 Å². The van der Waals surface area contributed by atoms with Crippen molar-refractivity contribution in [1.82, 2.24) is 0 Å². The Balaban J connectivity index is 2.92. The Bertz CT molecular complexity index is 284. The second kappa shape index (κ2) is 4.63. The van der Waals surface area contributed by atoms with Crippen molar-refractivity contribution in [2.75, 3.05) is 6.61 Å². The van der Waals surface area contributed by atoms with Crippen molar-refractivity contribution in [3.63, 3.8) is 0 Å². The maximum atomic E-state index is 9.35. The number of ether oxygens (including phenoxy) is 1. The second-order valence-electron chi connectivity index (χ2n) is 2.79. The highest BCUT2D eigenvalue weighted by Gasteiger charge is 2.06. The van der Waals surface area contributed by atoms with Gasteiger partial charge in [-0.15, -0.1) is 0 Å². The van der Waals surface area contributed by atoms with Crippen molar-refractivity contribution in [2.45, 2.75) is 20.0 Å². The molecular weight excluding hydrogens is 232 g/mol. The Morgan fingerprint density at radius 3 is 2.69 bits per heavy atom. The third kappa shape index (κ3) is 2.71. The molecule has 0 spiro atoms. The molecule has 0 aliphatic heterocycles. The van der Waals surface area contributed by atoms with Crippen molar-refractivity contribution in [1.29, 1.82) is 0 Å². The molecule has 0 aromatic heterocycles. The molecule has 0 saturated heterocycles. The third-order valence-corrected chi connectivity index (χ3v) is 2.42.